The third-order valence-electron chi connectivity index (χ3n) is 4.11. The van der Waals surface area contributed by atoms with E-state index in [4.69, 9.17) is 5.11 Å². The number of piperidine rings is 1. The van der Waals surface area contributed by atoms with Crippen LogP contribution in [0.1, 0.15) is 52.9 Å². The van der Waals surface area contributed by atoms with Crippen molar-refractivity contribution >= 4 is 11.9 Å². The van der Waals surface area contributed by atoms with Crippen LogP contribution in [0.2, 0.25) is 0 Å². The third kappa shape index (κ3) is 4.20. The molecule has 5 heteroatoms. The lowest BCUT2D eigenvalue weighted by Gasteiger charge is -2.41. The molecule has 1 fully saturated rings. The first-order valence-corrected chi connectivity index (χ1v) is 7.66. The van der Waals surface area contributed by atoms with Gasteiger partial charge in [-0.05, 0) is 39.7 Å². The number of carbonyl (C=O) groups is 2. The predicted octanol–water partition coefficient (Wildman–Crippen LogP) is 1.87. The highest BCUT2D eigenvalue weighted by Crippen LogP contribution is 2.34. The van der Waals surface area contributed by atoms with Crippen molar-refractivity contribution < 1.29 is 14.7 Å². The Morgan fingerprint density at radius 1 is 1.40 bits per heavy atom. The molecule has 20 heavy (non-hydrogen) atoms. The van der Waals surface area contributed by atoms with Crippen molar-refractivity contribution in [3.05, 3.63) is 0 Å². The molecule has 0 aromatic heterocycles. The summed E-state index contributed by atoms with van der Waals surface area (Å²) in [5.74, 6) is -0.724. The molecule has 5 nitrogen and oxygen atoms in total. The normalized spacial score (nSPS) is 22.8. The van der Waals surface area contributed by atoms with E-state index < -0.39 is 5.97 Å². The molecular formula is C15H28N2O3. The van der Waals surface area contributed by atoms with Gasteiger partial charge in [-0.25, -0.2) is 0 Å². The van der Waals surface area contributed by atoms with Crippen LogP contribution in [0.5, 0.6) is 0 Å². The highest BCUT2D eigenvalue weighted by Gasteiger charge is 2.41. The maximum atomic E-state index is 13.0. The summed E-state index contributed by atoms with van der Waals surface area (Å²) in [6, 6.07) is 0.0394. The van der Waals surface area contributed by atoms with E-state index in [9.17, 15) is 9.59 Å². The number of amides is 1. The molecule has 0 aliphatic carbocycles. The number of nitrogens with one attached hydrogen (secondary N) is 1. The predicted molar refractivity (Wildman–Crippen MR) is 78.5 cm³/mol. The zero-order valence-electron chi connectivity index (χ0n) is 12.9. The van der Waals surface area contributed by atoms with E-state index in [1.54, 1.807) is 4.90 Å². The van der Waals surface area contributed by atoms with E-state index in [1.165, 1.54) is 0 Å². The highest BCUT2D eigenvalue weighted by atomic mass is 16.4. The summed E-state index contributed by atoms with van der Waals surface area (Å²) < 4.78 is 0. The first-order valence-electron chi connectivity index (χ1n) is 7.66. The monoisotopic (exact) mass is 284 g/mol. The number of carbonyl (C=O) groups excluding carboxylic acids is 1. The standard InChI is InChI=1S/C15H28N2O3/c1-4-7-15(8-5-9-16-11-15)14(20)17(12(2)3)10-6-13(18)19/h12,16H,4-11H2,1-3H3,(H,18,19). The van der Waals surface area contributed by atoms with Gasteiger partial charge in [0.25, 0.3) is 0 Å². The fraction of sp³-hybridized carbons (Fsp3) is 0.867. The largest absolute Gasteiger partial charge is 0.481 e. The van der Waals surface area contributed by atoms with Gasteiger partial charge in [0, 0.05) is 19.1 Å². The molecule has 0 bridgehead atoms. The fourth-order valence-electron chi connectivity index (χ4n) is 3.06. The van der Waals surface area contributed by atoms with Gasteiger partial charge in [-0.15, -0.1) is 0 Å². The summed E-state index contributed by atoms with van der Waals surface area (Å²) in [5.41, 5.74) is -0.338. The second-order valence-electron chi connectivity index (χ2n) is 6.05. The van der Waals surface area contributed by atoms with Crippen LogP contribution in [-0.2, 0) is 9.59 Å². The SMILES string of the molecule is CCCC1(C(=O)N(CCC(=O)O)C(C)C)CCCNC1. The van der Waals surface area contributed by atoms with E-state index >= 15 is 0 Å². The first-order chi connectivity index (χ1) is 9.43. The minimum atomic E-state index is -0.852. The minimum Gasteiger partial charge on any atom is -0.481 e. The highest BCUT2D eigenvalue weighted by molar-refractivity contribution is 5.84. The smallest absolute Gasteiger partial charge is 0.305 e. The lowest BCUT2D eigenvalue weighted by molar-refractivity contribution is -0.147. The van der Waals surface area contributed by atoms with Crippen molar-refractivity contribution in [2.45, 2.75) is 58.9 Å². The van der Waals surface area contributed by atoms with Gasteiger partial charge in [-0.3, -0.25) is 9.59 Å². The van der Waals surface area contributed by atoms with Crippen molar-refractivity contribution in [2.24, 2.45) is 5.41 Å². The Balaban J connectivity index is 2.85. The van der Waals surface area contributed by atoms with E-state index in [0.29, 0.717) is 6.54 Å². The Kier molecular flexibility index (Phi) is 6.46. The van der Waals surface area contributed by atoms with Crippen LogP contribution in [0.25, 0.3) is 0 Å². The van der Waals surface area contributed by atoms with E-state index in [1.807, 2.05) is 13.8 Å². The van der Waals surface area contributed by atoms with E-state index in [2.05, 4.69) is 12.2 Å². The number of nitrogens with zero attached hydrogens (tertiary/aromatic N) is 1. The van der Waals surface area contributed by atoms with Gasteiger partial charge in [-0.1, -0.05) is 13.3 Å². The number of hydrogen-bond donors (Lipinski definition) is 2. The van der Waals surface area contributed by atoms with Crippen molar-refractivity contribution in [1.82, 2.24) is 10.2 Å². The molecular weight excluding hydrogens is 256 g/mol. The number of aliphatic carboxylic acids is 1. The van der Waals surface area contributed by atoms with Gasteiger partial charge in [0.1, 0.15) is 0 Å². The van der Waals surface area contributed by atoms with Gasteiger partial charge in [-0.2, -0.15) is 0 Å². The van der Waals surface area contributed by atoms with Crippen LogP contribution in [0.3, 0.4) is 0 Å². The molecule has 1 heterocycles. The Morgan fingerprint density at radius 2 is 2.10 bits per heavy atom. The zero-order chi connectivity index (χ0) is 15.2. The third-order valence-corrected chi connectivity index (χ3v) is 4.11. The van der Waals surface area contributed by atoms with Crippen molar-refractivity contribution in [3.63, 3.8) is 0 Å². The Labute approximate surface area is 121 Å². The fourth-order valence-corrected chi connectivity index (χ4v) is 3.06. The average Bonchev–Trinajstić information content (AvgIpc) is 2.39. The first kappa shape index (κ1) is 17.0. The Hall–Kier alpha value is -1.10. The number of carboxylic acid groups (broad SMARTS) is 1. The lowest BCUT2D eigenvalue weighted by Crippen LogP contribution is -2.54. The molecule has 1 aliphatic heterocycles. The Bertz CT molecular complexity index is 331. The number of hydrogen-bond acceptors (Lipinski definition) is 3. The quantitative estimate of drug-likeness (QED) is 0.749. The average molecular weight is 284 g/mol. The molecule has 116 valence electrons. The summed E-state index contributed by atoms with van der Waals surface area (Å²) >= 11 is 0. The lowest BCUT2D eigenvalue weighted by atomic mass is 9.75. The summed E-state index contributed by atoms with van der Waals surface area (Å²) in [6.07, 6.45) is 3.77. The molecule has 1 aliphatic rings. The van der Waals surface area contributed by atoms with Crippen LogP contribution in [0.15, 0.2) is 0 Å². The van der Waals surface area contributed by atoms with Crippen LogP contribution >= 0.6 is 0 Å². The number of rotatable bonds is 7. The molecule has 1 atom stereocenters. The van der Waals surface area contributed by atoms with Gasteiger partial charge in [0.2, 0.25) is 5.91 Å². The summed E-state index contributed by atoms with van der Waals surface area (Å²) in [4.78, 5) is 25.5. The molecule has 1 unspecified atom stereocenters. The topological polar surface area (TPSA) is 69.6 Å². The summed E-state index contributed by atoms with van der Waals surface area (Å²) in [5, 5.41) is 12.2. The van der Waals surface area contributed by atoms with Crippen LogP contribution in [-0.4, -0.2) is 47.6 Å². The molecule has 0 radical (unpaired) electrons. The minimum absolute atomic E-state index is 0.0134. The van der Waals surface area contributed by atoms with Crippen molar-refractivity contribution in [1.29, 1.82) is 0 Å². The maximum Gasteiger partial charge on any atom is 0.305 e. The van der Waals surface area contributed by atoms with Crippen molar-refractivity contribution in [2.75, 3.05) is 19.6 Å². The van der Waals surface area contributed by atoms with Crippen molar-refractivity contribution in [3.8, 4) is 0 Å². The molecule has 1 rings (SSSR count). The number of carboxylic acids is 1. The molecule has 0 spiro atoms. The van der Waals surface area contributed by atoms with E-state index in [0.717, 1.165) is 38.8 Å². The summed E-state index contributed by atoms with van der Waals surface area (Å²) in [7, 11) is 0. The van der Waals surface area contributed by atoms with Gasteiger partial charge in [0.15, 0.2) is 0 Å². The van der Waals surface area contributed by atoms with Gasteiger partial charge < -0.3 is 15.3 Å². The Morgan fingerprint density at radius 3 is 2.55 bits per heavy atom. The van der Waals surface area contributed by atoms with Gasteiger partial charge >= 0.3 is 5.97 Å². The molecule has 0 saturated carbocycles. The molecule has 0 aromatic carbocycles. The molecule has 1 amide bonds. The molecule has 0 aromatic rings. The van der Waals surface area contributed by atoms with Crippen LogP contribution < -0.4 is 5.32 Å². The van der Waals surface area contributed by atoms with E-state index in [-0.39, 0.29) is 23.8 Å². The molecule has 2 N–H and O–H groups in total. The summed E-state index contributed by atoms with van der Waals surface area (Å²) in [6.45, 7) is 7.99. The molecule has 1 saturated heterocycles. The second kappa shape index (κ2) is 7.62. The maximum absolute atomic E-state index is 13.0. The van der Waals surface area contributed by atoms with Crippen LogP contribution in [0.4, 0.5) is 0 Å². The zero-order valence-corrected chi connectivity index (χ0v) is 12.9. The van der Waals surface area contributed by atoms with Crippen LogP contribution in [0, 0.1) is 5.41 Å². The second-order valence-corrected chi connectivity index (χ2v) is 6.05. The van der Waals surface area contributed by atoms with Gasteiger partial charge in [0.05, 0.1) is 11.8 Å².